The number of nitrogens with zero attached hydrogens (tertiary/aromatic N) is 1. The van der Waals surface area contributed by atoms with E-state index >= 15 is 0 Å². The maximum Gasteiger partial charge on any atom is 0.0637 e. The first-order chi connectivity index (χ1) is 8.18. The third-order valence-electron chi connectivity index (χ3n) is 3.53. The van der Waals surface area contributed by atoms with Crippen LogP contribution in [0.15, 0.2) is 0 Å². The van der Waals surface area contributed by atoms with Gasteiger partial charge >= 0.3 is 0 Å². The van der Waals surface area contributed by atoms with Crippen molar-refractivity contribution in [3.8, 4) is 0 Å². The molecular weight excluding hydrogens is 224 g/mol. The number of rotatable bonds is 9. The summed E-state index contributed by atoms with van der Waals surface area (Å²) in [6.07, 6.45) is 2.27. The molecule has 110 valence electrons. The Morgan fingerprint density at radius 3 is 2.11 bits per heavy atom. The lowest BCUT2D eigenvalue weighted by atomic mass is 9.98. The van der Waals surface area contributed by atoms with Gasteiger partial charge in [-0.3, -0.25) is 0 Å². The molecule has 0 bridgehead atoms. The molecule has 18 heavy (non-hydrogen) atoms. The number of hydrogen-bond acceptors (Lipinski definition) is 3. The number of hydrogen-bond donors (Lipinski definition) is 1. The van der Waals surface area contributed by atoms with Crippen molar-refractivity contribution in [3.63, 3.8) is 0 Å². The Bertz CT molecular complexity index is 215. The Hall–Kier alpha value is -0.120. The second-order valence-electron chi connectivity index (χ2n) is 6.72. The SMILES string of the molecule is COC(C)(C)CC(C)NCC(CC(C)C)N(C)C. The van der Waals surface area contributed by atoms with E-state index in [4.69, 9.17) is 4.74 Å². The summed E-state index contributed by atoms with van der Waals surface area (Å²) in [6.45, 7) is 12.1. The van der Waals surface area contributed by atoms with Gasteiger partial charge in [-0.2, -0.15) is 0 Å². The third kappa shape index (κ3) is 8.06. The quantitative estimate of drug-likeness (QED) is 0.688. The molecule has 0 aliphatic heterocycles. The molecule has 2 atom stereocenters. The summed E-state index contributed by atoms with van der Waals surface area (Å²) in [6, 6.07) is 1.09. The lowest BCUT2D eigenvalue weighted by molar-refractivity contribution is 0.00809. The highest BCUT2D eigenvalue weighted by atomic mass is 16.5. The van der Waals surface area contributed by atoms with E-state index in [1.165, 1.54) is 6.42 Å². The van der Waals surface area contributed by atoms with Gasteiger partial charge < -0.3 is 15.0 Å². The molecule has 3 nitrogen and oxygen atoms in total. The van der Waals surface area contributed by atoms with Gasteiger partial charge in [0.25, 0.3) is 0 Å². The van der Waals surface area contributed by atoms with Gasteiger partial charge in [0.1, 0.15) is 0 Å². The van der Waals surface area contributed by atoms with Crippen LogP contribution in [-0.4, -0.2) is 50.3 Å². The Balaban J connectivity index is 4.11. The maximum atomic E-state index is 5.48. The van der Waals surface area contributed by atoms with Crippen molar-refractivity contribution in [3.05, 3.63) is 0 Å². The van der Waals surface area contributed by atoms with E-state index in [1.54, 1.807) is 7.11 Å². The molecule has 0 spiro atoms. The highest BCUT2D eigenvalue weighted by molar-refractivity contribution is 4.78. The van der Waals surface area contributed by atoms with Crippen molar-refractivity contribution < 1.29 is 4.74 Å². The molecule has 0 rings (SSSR count). The highest BCUT2D eigenvalue weighted by Crippen LogP contribution is 2.16. The molecule has 0 radical (unpaired) electrons. The molecule has 0 aliphatic rings. The summed E-state index contributed by atoms with van der Waals surface area (Å²) in [4.78, 5) is 2.32. The summed E-state index contributed by atoms with van der Waals surface area (Å²) >= 11 is 0. The Labute approximate surface area is 114 Å². The fourth-order valence-electron chi connectivity index (χ4n) is 2.25. The molecule has 0 aromatic carbocycles. The van der Waals surface area contributed by atoms with Gasteiger partial charge in [0.15, 0.2) is 0 Å². The standard InChI is InChI=1S/C15H34N2O/c1-12(2)9-14(17(6)7)11-16-13(3)10-15(4,5)18-8/h12-14,16H,9-11H2,1-8H3. The van der Waals surface area contributed by atoms with E-state index in [-0.39, 0.29) is 5.60 Å². The molecule has 0 fully saturated rings. The van der Waals surface area contributed by atoms with Gasteiger partial charge in [0, 0.05) is 25.7 Å². The van der Waals surface area contributed by atoms with Crippen molar-refractivity contribution in [1.82, 2.24) is 10.2 Å². The smallest absolute Gasteiger partial charge is 0.0637 e. The fraction of sp³-hybridized carbons (Fsp3) is 1.00. The van der Waals surface area contributed by atoms with E-state index in [0.29, 0.717) is 12.1 Å². The van der Waals surface area contributed by atoms with Crippen LogP contribution in [0.5, 0.6) is 0 Å². The summed E-state index contributed by atoms with van der Waals surface area (Å²) in [5.74, 6) is 0.741. The van der Waals surface area contributed by atoms with Crippen molar-refractivity contribution >= 4 is 0 Å². The maximum absolute atomic E-state index is 5.48. The van der Waals surface area contributed by atoms with Crippen molar-refractivity contribution in [2.24, 2.45) is 5.92 Å². The normalized spacial score (nSPS) is 16.3. The fourth-order valence-corrected chi connectivity index (χ4v) is 2.25. The van der Waals surface area contributed by atoms with Crippen molar-refractivity contribution in [2.75, 3.05) is 27.7 Å². The lowest BCUT2D eigenvalue weighted by Gasteiger charge is -2.31. The van der Waals surface area contributed by atoms with E-state index in [1.807, 2.05) is 0 Å². The zero-order valence-corrected chi connectivity index (χ0v) is 13.7. The molecule has 0 heterocycles. The summed E-state index contributed by atoms with van der Waals surface area (Å²) in [7, 11) is 6.12. The minimum atomic E-state index is -0.0436. The summed E-state index contributed by atoms with van der Waals surface area (Å²) in [5, 5.41) is 3.64. The zero-order chi connectivity index (χ0) is 14.3. The van der Waals surface area contributed by atoms with Crippen LogP contribution < -0.4 is 5.32 Å². The Morgan fingerprint density at radius 1 is 1.17 bits per heavy atom. The minimum Gasteiger partial charge on any atom is -0.379 e. The first-order valence-corrected chi connectivity index (χ1v) is 7.13. The lowest BCUT2D eigenvalue weighted by Crippen LogP contribution is -2.44. The van der Waals surface area contributed by atoms with Gasteiger partial charge in [-0.25, -0.2) is 0 Å². The molecule has 0 saturated heterocycles. The summed E-state index contributed by atoms with van der Waals surface area (Å²) < 4.78 is 5.48. The van der Waals surface area contributed by atoms with Crippen LogP contribution in [0, 0.1) is 5.92 Å². The number of nitrogens with one attached hydrogen (secondary N) is 1. The van der Waals surface area contributed by atoms with Crippen LogP contribution in [0.4, 0.5) is 0 Å². The van der Waals surface area contributed by atoms with Crippen molar-refractivity contribution in [1.29, 1.82) is 0 Å². The van der Waals surface area contributed by atoms with Gasteiger partial charge in [-0.15, -0.1) is 0 Å². The average Bonchev–Trinajstić information content (AvgIpc) is 2.22. The number of ether oxygens (including phenoxy) is 1. The first kappa shape index (κ1) is 17.9. The molecule has 0 aliphatic carbocycles. The highest BCUT2D eigenvalue weighted by Gasteiger charge is 2.21. The van der Waals surface area contributed by atoms with Gasteiger partial charge in [-0.1, -0.05) is 13.8 Å². The molecule has 2 unspecified atom stereocenters. The van der Waals surface area contributed by atoms with E-state index in [2.05, 4.69) is 58.9 Å². The Kier molecular flexibility index (Phi) is 8.08. The topological polar surface area (TPSA) is 24.5 Å². The molecule has 0 aromatic rings. The van der Waals surface area contributed by atoms with Crippen LogP contribution in [0.3, 0.4) is 0 Å². The summed E-state index contributed by atoms with van der Waals surface area (Å²) in [5.41, 5.74) is -0.0436. The number of methoxy groups -OCH3 is 1. The second kappa shape index (κ2) is 8.13. The largest absolute Gasteiger partial charge is 0.379 e. The van der Waals surface area contributed by atoms with Crippen molar-refractivity contribution in [2.45, 2.75) is 65.1 Å². The monoisotopic (exact) mass is 258 g/mol. The molecular formula is C15H34N2O. The van der Waals surface area contributed by atoms with Gasteiger partial charge in [-0.05, 0) is 53.6 Å². The zero-order valence-electron chi connectivity index (χ0n) is 13.7. The predicted molar refractivity (Wildman–Crippen MR) is 80.1 cm³/mol. The van der Waals surface area contributed by atoms with Crippen LogP contribution in [-0.2, 0) is 4.74 Å². The molecule has 3 heteroatoms. The predicted octanol–water partition coefficient (Wildman–Crippen LogP) is 2.76. The molecule has 0 amide bonds. The van der Waals surface area contributed by atoms with Gasteiger partial charge in [0.05, 0.1) is 5.60 Å². The molecule has 1 N–H and O–H groups in total. The van der Waals surface area contributed by atoms with E-state index in [0.717, 1.165) is 18.9 Å². The van der Waals surface area contributed by atoms with Crippen LogP contribution in [0.1, 0.15) is 47.5 Å². The van der Waals surface area contributed by atoms with Crippen LogP contribution in [0.25, 0.3) is 0 Å². The second-order valence-corrected chi connectivity index (χ2v) is 6.72. The van der Waals surface area contributed by atoms with E-state index < -0.39 is 0 Å². The minimum absolute atomic E-state index is 0.0436. The van der Waals surface area contributed by atoms with E-state index in [9.17, 15) is 0 Å². The number of likely N-dealkylation sites (N-methyl/N-ethyl adjacent to an activating group) is 1. The van der Waals surface area contributed by atoms with Gasteiger partial charge in [0.2, 0.25) is 0 Å². The Morgan fingerprint density at radius 2 is 1.72 bits per heavy atom. The molecule has 0 aromatic heterocycles. The van der Waals surface area contributed by atoms with Crippen LogP contribution in [0.2, 0.25) is 0 Å². The molecule has 0 saturated carbocycles. The van der Waals surface area contributed by atoms with Crippen LogP contribution >= 0.6 is 0 Å². The third-order valence-corrected chi connectivity index (χ3v) is 3.53. The first-order valence-electron chi connectivity index (χ1n) is 7.13. The average molecular weight is 258 g/mol.